The SMILES string of the molecule is Cc1ccc(N2CCCC2)c(C(=O)Nc2cccc(NC(=O)C(C)n3cccn3)c2)c1. The summed E-state index contributed by atoms with van der Waals surface area (Å²) in [7, 11) is 0. The average Bonchev–Trinajstić information content (AvgIpc) is 3.48. The summed E-state index contributed by atoms with van der Waals surface area (Å²) < 4.78 is 1.60. The zero-order valence-electron chi connectivity index (χ0n) is 17.8. The Morgan fingerprint density at radius 3 is 2.45 bits per heavy atom. The predicted octanol–water partition coefficient (Wildman–Crippen LogP) is 4.24. The first-order chi connectivity index (χ1) is 15.0. The number of rotatable bonds is 6. The van der Waals surface area contributed by atoms with Gasteiger partial charge in [-0.25, -0.2) is 0 Å². The maximum Gasteiger partial charge on any atom is 0.257 e. The monoisotopic (exact) mass is 417 g/mol. The Labute approximate surface area is 182 Å². The number of nitrogens with zero attached hydrogens (tertiary/aromatic N) is 3. The van der Waals surface area contributed by atoms with Gasteiger partial charge in [0.05, 0.1) is 5.56 Å². The Balaban J connectivity index is 1.48. The Hall–Kier alpha value is -3.61. The first-order valence-electron chi connectivity index (χ1n) is 10.6. The highest BCUT2D eigenvalue weighted by Gasteiger charge is 2.20. The molecule has 7 nitrogen and oxygen atoms in total. The maximum atomic E-state index is 13.1. The quantitative estimate of drug-likeness (QED) is 0.629. The third-order valence-corrected chi connectivity index (χ3v) is 5.53. The molecule has 2 heterocycles. The lowest BCUT2D eigenvalue weighted by atomic mass is 10.1. The fourth-order valence-electron chi connectivity index (χ4n) is 3.82. The molecule has 7 heteroatoms. The van der Waals surface area contributed by atoms with Crippen LogP contribution in [0, 0.1) is 6.92 Å². The Morgan fingerprint density at radius 2 is 1.74 bits per heavy atom. The molecular weight excluding hydrogens is 390 g/mol. The van der Waals surface area contributed by atoms with E-state index in [0.717, 1.165) is 37.2 Å². The lowest BCUT2D eigenvalue weighted by Gasteiger charge is -2.21. The van der Waals surface area contributed by atoms with E-state index >= 15 is 0 Å². The van der Waals surface area contributed by atoms with Crippen LogP contribution in [0.5, 0.6) is 0 Å². The number of hydrogen-bond acceptors (Lipinski definition) is 4. The fraction of sp³-hybridized carbons (Fsp3) is 0.292. The van der Waals surface area contributed by atoms with Crippen molar-refractivity contribution in [2.75, 3.05) is 28.6 Å². The summed E-state index contributed by atoms with van der Waals surface area (Å²) in [4.78, 5) is 27.9. The van der Waals surface area contributed by atoms with Crippen molar-refractivity contribution in [1.29, 1.82) is 0 Å². The molecule has 1 aromatic heterocycles. The number of carbonyl (C=O) groups is 2. The topological polar surface area (TPSA) is 79.3 Å². The molecule has 2 N–H and O–H groups in total. The van der Waals surface area contributed by atoms with Crippen molar-refractivity contribution in [1.82, 2.24) is 9.78 Å². The first kappa shape index (κ1) is 20.7. The molecule has 0 radical (unpaired) electrons. The van der Waals surface area contributed by atoms with E-state index in [9.17, 15) is 9.59 Å². The van der Waals surface area contributed by atoms with Crippen LogP contribution in [0.15, 0.2) is 60.9 Å². The van der Waals surface area contributed by atoms with Crippen molar-refractivity contribution in [2.24, 2.45) is 0 Å². The summed E-state index contributed by atoms with van der Waals surface area (Å²) in [6.45, 7) is 5.71. The fourth-order valence-corrected chi connectivity index (χ4v) is 3.82. The highest BCUT2D eigenvalue weighted by atomic mass is 16.2. The van der Waals surface area contributed by atoms with Gasteiger partial charge in [-0.3, -0.25) is 14.3 Å². The van der Waals surface area contributed by atoms with Gasteiger partial charge in [-0.05, 0) is 63.1 Å². The van der Waals surface area contributed by atoms with E-state index < -0.39 is 6.04 Å². The molecular formula is C24H27N5O2. The number of amides is 2. The highest BCUT2D eigenvalue weighted by Crippen LogP contribution is 2.27. The molecule has 0 spiro atoms. The minimum atomic E-state index is -0.441. The summed E-state index contributed by atoms with van der Waals surface area (Å²) >= 11 is 0. The van der Waals surface area contributed by atoms with Crippen molar-refractivity contribution >= 4 is 28.9 Å². The maximum absolute atomic E-state index is 13.1. The Morgan fingerprint density at radius 1 is 1.00 bits per heavy atom. The third-order valence-electron chi connectivity index (χ3n) is 5.53. The van der Waals surface area contributed by atoms with Crippen molar-refractivity contribution in [3.05, 3.63) is 72.1 Å². The predicted molar refractivity (Wildman–Crippen MR) is 123 cm³/mol. The van der Waals surface area contributed by atoms with Crippen molar-refractivity contribution in [3.63, 3.8) is 0 Å². The molecule has 160 valence electrons. The van der Waals surface area contributed by atoms with Crippen LogP contribution in [0.2, 0.25) is 0 Å². The van der Waals surface area contributed by atoms with E-state index in [-0.39, 0.29) is 11.8 Å². The number of carbonyl (C=O) groups excluding carboxylic acids is 2. The van der Waals surface area contributed by atoms with Crippen LogP contribution in [0.4, 0.5) is 17.1 Å². The smallest absolute Gasteiger partial charge is 0.257 e. The van der Waals surface area contributed by atoms with Crippen molar-refractivity contribution in [2.45, 2.75) is 32.7 Å². The van der Waals surface area contributed by atoms with Crippen LogP contribution in [0.25, 0.3) is 0 Å². The van der Waals surface area contributed by atoms with Gasteiger partial charge < -0.3 is 15.5 Å². The molecule has 0 aliphatic carbocycles. The van der Waals surface area contributed by atoms with E-state index in [0.29, 0.717) is 16.9 Å². The normalized spacial score (nSPS) is 14.3. The molecule has 1 atom stereocenters. The van der Waals surface area contributed by atoms with Crippen LogP contribution in [-0.2, 0) is 4.79 Å². The lowest BCUT2D eigenvalue weighted by molar-refractivity contribution is -0.119. The number of aromatic nitrogens is 2. The van der Waals surface area contributed by atoms with Gasteiger partial charge in [0.15, 0.2) is 0 Å². The number of hydrogen-bond donors (Lipinski definition) is 2. The van der Waals surface area contributed by atoms with Crippen molar-refractivity contribution in [3.8, 4) is 0 Å². The third kappa shape index (κ3) is 4.77. The molecule has 1 fully saturated rings. The number of benzene rings is 2. The summed E-state index contributed by atoms with van der Waals surface area (Å²) in [5, 5.41) is 9.99. The molecule has 31 heavy (non-hydrogen) atoms. The second kappa shape index (κ2) is 9.04. The minimum Gasteiger partial charge on any atom is -0.371 e. The number of anilines is 3. The molecule has 4 rings (SSSR count). The Kier molecular flexibility index (Phi) is 6.02. The second-order valence-corrected chi connectivity index (χ2v) is 7.90. The van der Waals surface area contributed by atoms with Crippen LogP contribution < -0.4 is 15.5 Å². The number of nitrogens with one attached hydrogen (secondary N) is 2. The van der Waals surface area contributed by atoms with Gasteiger partial charge in [0.2, 0.25) is 5.91 Å². The summed E-state index contributed by atoms with van der Waals surface area (Å²) in [6.07, 6.45) is 5.68. The largest absolute Gasteiger partial charge is 0.371 e. The standard InChI is InChI=1S/C24H27N5O2/c1-17-9-10-22(28-12-3-4-13-28)21(15-17)24(31)27-20-8-5-7-19(16-20)26-23(30)18(2)29-14-6-11-25-29/h5-11,14-16,18H,3-4,12-13H2,1-2H3,(H,26,30)(H,27,31). The van der Waals surface area contributed by atoms with E-state index in [2.05, 4.69) is 20.6 Å². The van der Waals surface area contributed by atoms with Gasteiger partial charge in [0, 0.05) is 42.5 Å². The molecule has 3 aromatic rings. The molecule has 2 aromatic carbocycles. The molecule has 2 amide bonds. The van der Waals surface area contributed by atoms with Gasteiger partial charge in [0.1, 0.15) is 6.04 Å². The van der Waals surface area contributed by atoms with Crippen LogP contribution in [0.1, 0.15) is 41.7 Å². The molecule has 1 saturated heterocycles. The van der Waals surface area contributed by atoms with E-state index in [1.807, 2.05) is 31.2 Å². The number of aryl methyl sites for hydroxylation is 1. The Bertz CT molecular complexity index is 1070. The molecule has 0 bridgehead atoms. The minimum absolute atomic E-state index is 0.154. The molecule has 1 aliphatic heterocycles. The zero-order chi connectivity index (χ0) is 21.8. The van der Waals surface area contributed by atoms with Gasteiger partial charge in [-0.1, -0.05) is 17.7 Å². The molecule has 0 saturated carbocycles. The zero-order valence-corrected chi connectivity index (χ0v) is 17.8. The van der Waals surface area contributed by atoms with E-state index in [1.54, 1.807) is 48.3 Å². The van der Waals surface area contributed by atoms with Crippen molar-refractivity contribution < 1.29 is 9.59 Å². The van der Waals surface area contributed by atoms with E-state index in [4.69, 9.17) is 0 Å². The van der Waals surface area contributed by atoms with Crippen LogP contribution >= 0.6 is 0 Å². The lowest BCUT2D eigenvalue weighted by Crippen LogP contribution is -2.24. The molecule has 1 unspecified atom stereocenters. The van der Waals surface area contributed by atoms with Gasteiger partial charge in [-0.2, -0.15) is 5.10 Å². The highest BCUT2D eigenvalue weighted by molar-refractivity contribution is 6.08. The van der Waals surface area contributed by atoms with Crippen LogP contribution in [-0.4, -0.2) is 34.7 Å². The van der Waals surface area contributed by atoms with Crippen LogP contribution in [0.3, 0.4) is 0 Å². The summed E-state index contributed by atoms with van der Waals surface area (Å²) in [6, 6.07) is 14.5. The van der Waals surface area contributed by atoms with Gasteiger partial charge in [-0.15, -0.1) is 0 Å². The second-order valence-electron chi connectivity index (χ2n) is 7.90. The van der Waals surface area contributed by atoms with Gasteiger partial charge in [0.25, 0.3) is 5.91 Å². The van der Waals surface area contributed by atoms with E-state index in [1.165, 1.54) is 0 Å². The first-order valence-corrected chi connectivity index (χ1v) is 10.6. The summed E-state index contributed by atoms with van der Waals surface area (Å²) in [5.74, 6) is -0.332. The summed E-state index contributed by atoms with van der Waals surface area (Å²) in [5.41, 5.74) is 3.93. The van der Waals surface area contributed by atoms with Gasteiger partial charge >= 0.3 is 0 Å². The average molecular weight is 418 g/mol. The molecule has 1 aliphatic rings.